The Balaban J connectivity index is 1.91. The number of likely N-dealkylation sites (tertiary alicyclic amines) is 2. The Kier molecular flexibility index (Phi) is 4.57. The van der Waals surface area contributed by atoms with Gasteiger partial charge in [-0.1, -0.05) is 0 Å². The zero-order chi connectivity index (χ0) is 17.5. The first-order valence-electron chi connectivity index (χ1n) is 8.35. The molecule has 2 saturated heterocycles. The molecule has 0 unspecified atom stereocenters. The van der Waals surface area contributed by atoms with Crippen molar-refractivity contribution in [1.82, 2.24) is 9.80 Å². The molecule has 23 heavy (non-hydrogen) atoms. The summed E-state index contributed by atoms with van der Waals surface area (Å²) >= 11 is 0. The third-order valence-corrected chi connectivity index (χ3v) is 4.18. The number of rotatable bonds is 0. The maximum atomic E-state index is 12.2. The molecule has 0 aromatic carbocycles. The van der Waals surface area contributed by atoms with Gasteiger partial charge >= 0.3 is 12.2 Å². The summed E-state index contributed by atoms with van der Waals surface area (Å²) in [6.45, 7) is 13.9. The third-order valence-electron chi connectivity index (χ3n) is 4.18. The van der Waals surface area contributed by atoms with E-state index >= 15 is 0 Å². The molecule has 1 spiro atoms. The van der Waals surface area contributed by atoms with Crippen LogP contribution in [0.15, 0.2) is 0 Å². The molecule has 2 aliphatic heterocycles. The maximum Gasteiger partial charge on any atom is 0.410 e. The molecular weight excluding hydrogens is 296 g/mol. The van der Waals surface area contributed by atoms with E-state index in [1.165, 1.54) is 0 Å². The van der Waals surface area contributed by atoms with Gasteiger partial charge in [0.25, 0.3) is 0 Å². The van der Waals surface area contributed by atoms with E-state index in [0.29, 0.717) is 26.2 Å². The lowest BCUT2D eigenvalue weighted by atomic mass is 9.86. The molecule has 0 radical (unpaired) electrons. The fourth-order valence-corrected chi connectivity index (χ4v) is 3.17. The molecule has 2 fully saturated rings. The Morgan fingerprint density at radius 3 is 1.43 bits per heavy atom. The summed E-state index contributed by atoms with van der Waals surface area (Å²) in [6.07, 6.45) is 1.30. The fourth-order valence-electron chi connectivity index (χ4n) is 3.17. The quantitative estimate of drug-likeness (QED) is 0.685. The van der Waals surface area contributed by atoms with Crippen molar-refractivity contribution in [3.05, 3.63) is 0 Å². The lowest BCUT2D eigenvalue weighted by molar-refractivity contribution is 0.0253. The van der Waals surface area contributed by atoms with Gasteiger partial charge < -0.3 is 19.3 Å². The number of carbonyl (C=O) groups is 2. The summed E-state index contributed by atoms with van der Waals surface area (Å²) < 4.78 is 10.9. The number of ether oxygens (including phenoxy) is 2. The molecule has 0 aliphatic carbocycles. The molecule has 2 rings (SSSR count). The Bertz CT molecular complexity index is 432. The van der Waals surface area contributed by atoms with Crippen molar-refractivity contribution in [3.63, 3.8) is 0 Å². The van der Waals surface area contributed by atoms with Crippen LogP contribution < -0.4 is 0 Å². The largest absolute Gasteiger partial charge is 0.444 e. The second-order valence-electron chi connectivity index (χ2n) is 8.80. The molecular formula is C17H30N2O4. The highest BCUT2D eigenvalue weighted by atomic mass is 16.6. The normalized spacial score (nSPS) is 21.0. The van der Waals surface area contributed by atoms with Crippen LogP contribution in [-0.4, -0.2) is 59.4 Å². The van der Waals surface area contributed by atoms with Gasteiger partial charge in [0, 0.05) is 31.6 Å². The average molecular weight is 326 g/mol. The zero-order valence-electron chi connectivity index (χ0n) is 15.3. The van der Waals surface area contributed by atoms with Crippen LogP contribution in [0.5, 0.6) is 0 Å². The van der Waals surface area contributed by atoms with Crippen LogP contribution in [0.4, 0.5) is 9.59 Å². The van der Waals surface area contributed by atoms with E-state index in [0.717, 1.165) is 12.8 Å². The SMILES string of the molecule is CC(C)(C)OC(=O)N1CCC2(CCN(C(=O)OC(C)(C)C)C2)C1. The van der Waals surface area contributed by atoms with Crippen molar-refractivity contribution in [1.29, 1.82) is 0 Å². The first kappa shape index (κ1) is 17.9. The lowest BCUT2D eigenvalue weighted by Gasteiger charge is -2.28. The van der Waals surface area contributed by atoms with Gasteiger partial charge in [0.1, 0.15) is 11.2 Å². The molecule has 6 nitrogen and oxygen atoms in total. The first-order chi connectivity index (χ1) is 10.4. The van der Waals surface area contributed by atoms with Crippen LogP contribution in [0.3, 0.4) is 0 Å². The van der Waals surface area contributed by atoms with Gasteiger partial charge in [-0.25, -0.2) is 9.59 Å². The van der Waals surface area contributed by atoms with Crippen LogP contribution in [0.25, 0.3) is 0 Å². The predicted octanol–water partition coefficient (Wildman–Crippen LogP) is 3.25. The Morgan fingerprint density at radius 1 is 0.783 bits per heavy atom. The van der Waals surface area contributed by atoms with Crippen LogP contribution in [0.1, 0.15) is 54.4 Å². The van der Waals surface area contributed by atoms with Crippen molar-refractivity contribution in [2.75, 3.05) is 26.2 Å². The highest BCUT2D eigenvalue weighted by Crippen LogP contribution is 2.40. The molecule has 0 atom stereocenters. The van der Waals surface area contributed by atoms with Gasteiger partial charge in [-0.3, -0.25) is 0 Å². The Hall–Kier alpha value is -1.46. The minimum absolute atomic E-state index is 0.00614. The number of amides is 2. The summed E-state index contributed by atoms with van der Waals surface area (Å²) in [5, 5.41) is 0. The van der Waals surface area contributed by atoms with Gasteiger partial charge in [-0.05, 0) is 54.4 Å². The van der Waals surface area contributed by atoms with Crippen LogP contribution >= 0.6 is 0 Å². The molecule has 0 aromatic heterocycles. The lowest BCUT2D eigenvalue weighted by Crippen LogP contribution is -2.39. The van der Waals surface area contributed by atoms with E-state index in [4.69, 9.17) is 9.47 Å². The molecule has 0 aromatic rings. The van der Waals surface area contributed by atoms with Gasteiger partial charge in [0.2, 0.25) is 0 Å². The van der Waals surface area contributed by atoms with Crippen molar-refractivity contribution >= 4 is 12.2 Å². The number of hydrogen-bond acceptors (Lipinski definition) is 4. The van der Waals surface area contributed by atoms with Crippen LogP contribution in [-0.2, 0) is 9.47 Å². The summed E-state index contributed by atoms with van der Waals surface area (Å²) in [7, 11) is 0. The fraction of sp³-hybridized carbons (Fsp3) is 0.882. The molecule has 2 amide bonds. The van der Waals surface area contributed by atoms with Gasteiger partial charge in [-0.15, -0.1) is 0 Å². The number of nitrogens with zero attached hydrogens (tertiary/aromatic N) is 2. The smallest absolute Gasteiger partial charge is 0.410 e. The van der Waals surface area contributed by atoms with Crippen LogP contribution in [0, 0.1) is 5.41 Å². The van der Waals surface area contributed by atoms with Crippen molar-refractivity contribution < 1.29 is 19.1 Å². The first-order valence-corrected chi connectivity index (χ1v) is 8.35. The summed E-state index contributed by atoms with van der Waals surface area (Å²) in [4.78, 5) is 27.9. The standard InChI is InChI=1S/C17H30N2O4/c1-15(2,3)22-13(20)18-9-7-17(11-18)8-10-19(12-17)14(21)23-16(4,5)6/h7-12H2,1-6H3. The minimum Gasteiger partial charge on any atom is -0.444 e. The van der Waals surface area contributed by atoms with Gasteiger partial charge in [-0.2, -0.15) is 0 Å². The molecule has 0 N–H and O–H groups in total. The zero-order valence-corrected chi connectivity index (χ0v) is 15.3. The summed E-state index contributed by atoms with van der Waals surface area (Å²) in [5.41, 5.74) is -0.968. The van der Waals surface area contributed by atoms with Gasteiger partial charge in [0.15, 0.2) is 0 Å². The molecule has 6 heteroatoms. The van der Waals surface area contributed by atoms with Crippen molar-refractivity contribution in [3.8, 4) is 0 Å². The highest BCUT2D eigenvalue weighted by molar-refractivity contribution is 5.70. The second kappa shape index (κ2) is 5.87. The highest BCUT2D eigenvalue weighted by Gasteiger charge is 2.47. The van der Waals surface area contributed by atoms with Crippen molar-refractivity contribution in [2.45, 2.75) is 65.6 Å². The average Bonchev–Trinajstić information content (AvgIpc) is 2.93. The Morgan fingerprint density at radius 2 is 1.13 bits per heavy atom. The van der Waals surface area contributed by atoms with E-state index in [9.17, 15) is 9.59 Å². The monoisotopic (exact) mass is 326 g/mol. The minimum atomic E-state index is -0.481. The predicted molar refractivity (Wildman–Crippen MR) is 87.3 cm³/mol. The molecule has 2 aliphatic rings. The Labute approximate surface area is 139 Å². The molecule has 0 saturated carbocycles. The summed E-state index contributed by atoms with van der Waals surface area (Å²) in [5.74, 6) is 0. The second-order valence-corrected chi connectivity index (χ2v) is 8.80. The van der Waals surface area contributed by atoms with E-state index in [-0.39, 0.29) is 17.6 Å². The molecule has 2 heterocycles. The molecule has 0 bridgehead atoms. The van der Waals surface area contributed by atoms with E-state index in [1.54, 1.807) is 9.80 Å². The molecule has 132 valence electrons. The van der Waals surface area contributed by atoms with E-state index in [1.807, 2.05) is 41.5 Å². The number of carbonyl (C=O) groups excluding carboxylic acids is 2. The van der Waals surface area contributed by atoms with Crippen molar-refractivity contribution in [2.24, 2.45) is 5.41 Å². The third kappa shape index (κ3) is 4.75. The number of hydrogen-bond donors (Lipinski definition) is 0. The van der Waals surface area contributed by atoms with Gasteiger partial charge in [0.05, 0.1) is 0 Å². The van der Waals surface area contributed by atoms with E-state index in [2.05, 4.69) is 0 Å². The topological polar surface area (TPSA) is 59.1 Å². The van der Waals surface area contributed by atoms with E-state index < -0.39 is 11.2 Å². The van der Waals surface area contributed by atoms with Crippen LogP contribution in [0.2, 0.25) is 0 Å². The maximum absolute atomic E-state index is 12.2. The summed E-state index contributed by atoms with van der Waals surface area (Å²) in [6, 6.07) is 0.